The van der Waals surface area contributed by atoms with Crippen LogP contribution in [-0.2, 0) is 9.31 Å². The summed E-state index contributed by atoms with van der Waals surface area (Å²) in [5.41, 5.74) is 0.971. The van der Waals surface area contributed by atoms with E-state index >= 15 is 0 Å². The first-order valence-corrected chi connectivity index (χ1v) is 6.09. The summed E-state index contributed by atoms with van der Waals surface area (Å²) in [6.07, 6.45) is 0. The summed E-state index contributed by atoms with van der Waals surface area (Å²) in [7, 11) is -0.446. The zero-order valence-electron chi connectivity index (χ0n) is 10.9. The smallest absolute Gasteiger partial charge is 0.398 e. The molecule has 1 saturated heterocycles. The number of aromatic nitrogens is 1. The van der Waals surface area contributed by atoms with E-state index in [9.17, 15) is 0 Å². The summed E-state index contributed by atoms with van der Waals surface area (Å²) in [4.78, 5) is 4.30. The lowest BCUT2D eigenvalue weighted by atomic mass is 9.84. The average molecular weight is 254 g/mol. The molecule has 0 saturated carbocycles. The highest BCUT2D eigenvalue weighted by molar-refractivity contribution is 6.61. The van der Waals surface area contributed by atoms with Crippen LogP contribution in [0.2, 0.25) is 5.15 Å². The first-order valence-electron chi connectivity index (χ1n) is 5.72. The molecule has 1 aliphatic rings. The van der Waals surface area contributed by atoms with Crippen molar-refractivity contribution in [1.82, 2.24) is 4.98 Å². The number of rotatable bonds is 1. The monoisotopic (exact) mass is 253 g/mol. The van der Waals surface area contributed by atoms with Gasteiger partial charge in [0.15, 0.2) is 0 Å². The molecule has 2 rings (SSSR count). The molecular weight excluding hydrogens is 236 g/mol. The molecule has 0 amide bonds. The zero-order valence-corrected chi connectivity index (χ0v) is 11.6. The van der Waals surface area contributed by atoms with Gasteiger partial charge < -0.3 is 9.31 Å². The Morgan fingerprint density at radius 2 is 1.65 bits per heavy atom. The molecular formula is C12H17BClNO2. The maximum Gasteiger partial charge on any atom is 0.514 e. The molecule has 0 aliphatic carbocycles. The van der Waals surface area contributed by atoms with E-state index in [1.165, 1.54) is 0 Å². The van der Waals surface area contributed by atoms with Crippen molar-refractivity contribution in [3.05, 3.63) is 22.8 Å². The van der Waals surface area contributed by atoms with E-state index in [2.05, 4.69) is 4.98 Å². The molecule has 1 aromatic rings. The SMILES string of the molecule is Cc1ccc(B2OC(C)(C)C(C)(C)O2)nc1Cl. The minimum atomic E-state index is -0.446. The summed E-state index contributed by atoms with van der Waals surface area (Å²) >= 11 is 6.01. The van der Waals surface area contributed by atoms with E-state index in [0.717, 1.165) is 11.2 Å². The molecule has 5 heteroatoms. The minimum absolute atomic E-state index is 0.350. The topological polar surface area (TPSA) is 31.4 Å². The Labute approximate surface area is 108 Å². The standard InChI is InChI=1S/C12H17BClNO2/c1-8-6-7-9(15-10(8)14)13-16-11(2,3)12(4,5)17-13/h6-7H,1-5H3. The largest absolute Gasteiger partial charge is 0.514 e. The molecule has 0 spiro atoms. The van der Waals surface area contributed by atoms with Crippen LogP contribution in [0.5, 0.6) is 0 Å². The molecule has 1 fully saturated rings. The van der Waals surface area contributed by atoms with Crippen molar-refractivity contribution < 1.29 is 9.31 Å². The average Bonchev–Trinajstić information content (AvgIpc) is 2.41. The van der Waals surface area contributed by atoms with Gasteiger partial charge in [-0.2, -0.15) is 0 Å². The van der Waals surface area contributed by atoms with Crippen LogP contribution in [0.3, 0.4) is 0 Å². The molecule has 0 N–H and O–H groups in total. The maximum absolute atomic E-state index is 6.01. The molecule has 0 atom stereocenters. The van der Waals surface area contributed by atoms with E-state index < -0.39 is 7.12 Å². The summed E-state index contributed by atoms with van der Waals surface area (Å²) in [6, 6.07) is 3.82. The first-order chi connectivity index (χ1) is 7.73. The fraction of sp³-hybridized carbons (Fsp3) is 0.583. The number of aryl methyl sites for hydroxylation is 1. The van der Waals surface area contributed by atoms with Gasteiger partial charge in [0.25, 0.3) is 0 Å². The van der Waals surface area contributed by atoms with Crippen LogP contribution >= 0.6 is 11.6 Å². The number of hydrogen-bond acceptors (Lipinski definition) is 3. The summed E-state index contributed by atoms with van der Waals surface area (Å²) < 4.78 is 11.8. The third kappa shape index (κ3) is 2.22. The van der Waals surface area contributed by atoms with Crippen LogP contribution < -0.4 is 5.59 Å². The summed E-state index contributed by atoms with van der Waals surface area (Å²) in [5.74, 6) is 0. The van der Waals surface area contributed by atoms with Gasteiger partial charge in [-0.15, -0.1) is 0 Å². The van der Waals surface area contributed by atoms with E-state index in [1.54, 1.807) is 0 Å². The lowest BCUT2D eigenvalue weighted by molar-refractivity contribution is 0.00578. The number of pyridine rings is 1. The van der Waals surface area contributed by atoms with Crippen molar-refractivity contribution in [3.8, 4) is 0 Å². The number of halogens is 1. The van der Waals surface area contributed by atoms with Gasteiger partial charge >= 0.3 is 7.12 Å². The van der Waals surface area contributed by atoms with Crippen LogP contribution in [0.1, 0.15) is 33.3 Å². The zero-order chi connectivity index (χ0) is 12.8. The van der Waals surface area contributed by atoms with Gasteiger partial charge in [0.05, 0.1) is 16.8 Å². The third-order valence-electron chi connectivity index (χ3n) is 3.55. The number of nitrogens with zero attached hydrogens (tertiary/aromatic N) is 1. The third-order valence-corrected chi connectivity index (χ3v) is 3.93. The van der Waals surface area contributed by atoms with Crippen molar-refractivity contribution >= 4 is 24.3 Å². The molecule has 2 heterocycles. The van der Waals surface area contributed by atoms with E-state index in [4.69, 9.17) is 20.9 Å². The highest BCUT2D eigenvalue weighted by atomic mass is 35.5. The highest BCUT2D eigenvalue weighted by Crippen LogP contribution is 2.36. The fourth-order valence-electron chi connectivity index (χ4n) is 1.61. The fourth-order valence-corrected chi connectivity index (χ4v) is 1.77. The molecule has 0 radical (unpaired) electrons. The van der Waals surface area contributed by atoms with Crippen molar-refractivity contribution in [2.75, 3.05) is 0 Å². The lowest BCUT2D eigenvalue weighted by Crippen LogP contribution is -2.41. The van der Waals surface area contributed by atoms with Crippen molar-refractivity contribution in [1.29, 1.82) is 0 Å². The van der Waals surface area contributed by atoms with Gasteiger partial charge in [0.2, 0.25) is 0 Å². The summed E-state index contributed by atoms with van der Waals surface area (Å²) in [5, 5.41) is 0.497. The second-order valence-corrected chi connectivity index (χ2v) is 5.79. The minimum Gasteiger partial charge on any atom is -0.398 e. The van der Waals surface area contributed by atoms with Crippen LogP contribution in [0.4, 0.5) is 0 Å². The van der Waals surface area contributed by atoms with Crippen LogP contribution in [0, 0.1) is 6.92 Å². The Kier molecular flexibility index (Phi) is 3.01. The van der Waals surface area contributed by atoms with Gasteiger partial charge in [-0.25, -0.2) is 4.98 Å². The van der Waals surface area contributed by atoms with E-state index in [0.29, 0.717) is 5.15 Å². The molecule has 92 valence electrons. The second kappa shape index (κ2) is 3.97. The molecule has 1 aliphatic heterocycles. The Hall–Kier alpha value is -0.575. The van der Waals surface area contributed by atoms with Gasteiger partial charge in [0, 0.05) is 0 Å². The van der Waals surface area contributed by atoms with Crippen molar-refractivity contribution in [3.63, 3.8) is 0 Å². The van der Waals surface area contributed by atoms with E-state index in [1.807, 2.05) is 46.8 Å². The van der Waals surface area contributed by atoms with E-state index in [-0.39, 0.29) is 11.2 Å². The van der Waals surface area contributed by atoms with Gasteiger partial charge in [0.1, 0.15) is 5.15 Å². The van der Waals surface area contributed by atoms with Crippen molar-refractivity contribution in [2.24, 2.45) is 0 Å². The van der Waals surface area contributed by atoms with Crippen LogP contribution in [0.25, 0.3) is 0 Å². The molecule has 0 aromatic carbocycles. The van der Waals surface area contributed by atoms with Crippen molar-refractivity contribution in [2.45, 2.75) is 45.8 Å². The lowest BCUT2D eigenvalue weighted by Gasteiger charge is -2.32. The Bertz CT molecular complexity index is 432. The molecule has 0 unspecified atom stereocenters. The first kappa shape index (κ1) is 12.9. The Morgan fingerprint density at radius 3 is 2.12 bits per heavy atom. The number of hydrogen-bond donors (Lipinski definition) is 0. The van der Waals surface area contributed by atoms with Gasteiger partial charge in [-0.3, -0.25) is 0 Å². The molecule has 3 nitrogen and oxygen atoms in total. The Morgan fingerprint density at radius 1 is 1.12 bits per heavy atom. The Balaban J connectivity index is 2.29. The maximum atomic E-state index is 6.01. The molecule has 0 bridgehead atoms. The highest BCUT2D eigenvalue weighted by Gasteiger charge is 2.52. The van der Waals surface area contributed by atoms with Gasteiger partial charge in [-0.1, -0.05) is 17.7 Å². The molecule has 1 aromatic heterocycles. The van der Waals surface area contributed by atoms with Crippen LogP contribution in [0.15, 0.2) is 12.1 Å². The quantitative estimate of drug-likeness (QED) is 0.569. The second-order valence-electron chi connectivity index (χ2n) is 5.43. The van der Waals surface area contributed by atoms with Gasteiger partial charge in [-0.05, 0) is 46.2 Å². The molecule has 17 heavy (non-hydrogen) atoms. The van der Waals surface area contributed by atoms with Crippen LogP contribution in [-0.4, -0.2) is 23.3 Å². The summed E-state index contributed by atoms with van der Waals surface area (Å²) in [6.45, 7) is 9.99. The predicted molar refractivity (Wildman–Crippen MR) is 69.7 cm³/mol. The predicted octanol–water partition coefficient (Wildman–Crippen LogP) is 2.34. The normalized spacial score (nSPS) is 21.9.